The molecule has 1 aromatic carbocycles. The standard InChI is InChI=1S/C31H36N6O/c1-35-30(22-37-10-3-2-4-11-37)28(20-34-35)29-16-25-15-27(32-18-26(25)19-33-29)17-31(38)24-9-7-8-23(14-24)21-36-12-5-6-13-36/h7-9,14-16,18-20H,2-6,10-13,17,21-22H2,1H3. The second-order valence-electron chi connectivity index (χ2n) is 10.8. The summed E-state index contributed by atoms with van der Waals surface area (Å²) in [6, 6.07) is 12.2. The van der Waals surface area contributed by atoms with Crippen LogP contribution in [0.4, 0.5) is 0 Å². The van der Waals surface area contributed by atoms with Gasteiger partial charge in [0.1, 0.15) is 0 Å². The lowest BCUT2D eigenvalue weighted by Crippen LogP contribution is -2.30. The number of hydrogen-bond acceptors (Lipinski definition) is 6. The molecule has 0 bridgehead atoms. The van der Waals surface area contributed by atoms with Crippen LogP contribution in [0, 0.1) is 0 Å². The largest absolute Gasteiger partial charge is 0.299 e. The summed E-state index contributed by atoms with van der Waals surface area (Å²) in [4.78, 5) is 27.5. The minimum absolute atomic E-state index is 0.102. The van der Waals surface area contributed by atoms with Crippen LogP contribution in [0.2, 0.25) is 0 Å². The molecule has 2 aliphatic heterocycles. The summed E-state index contributed by atoms with van der Waals surface area (Å²) in [5, 5.41) is 6.57. The first-order valence-electron chi connectivity index (χ1n) is 14.0. The predicted octanol–water partition coefficient (Wildman–Crippen LogP) is 5.04. The van der Waals surface area contributed by atoms with Gasteiger partial charge in [-0.15, -0.1) is 0 Å². The van der Waals surface area contributed by atoms with Gasteiger partial charge in [0.25, 0.3) is 0 Å². The number of pyridine rings is 2. The van der Waals surface area contributed by atoms with Gasteiger partial charge < -0.3 is 0 Å². The average molecular weight is 509 g/mol. The number of likely N-dealkylation sites (tertiary alicyclic amines) is 2. The molecule has 38 heavy (non-hydrogen) atoms. The molecule has 7 heteroatoms. The van der Waals surface area contributed by atoms with Crippen LogP contribution in [-0.2, 0) is 26.6 Å². The number of fused-ring (bicyclic) bond motifs is 1. The Kier molecular flexibility index (Phi) is 7.29. The first-order chi connectivity index (χ1) is 18.6. The minimum Gasteiger partial charge on any atom is -0.299 e. The Balaban J connectivity index is 1.21. The molecule has 4 aromatic rings. The van der Waals surface area contributed by atoms with Gasteiger partial charge in [-0.1, -0.05) is 24.6 Å². The molecule has 2 fully saturated rings. The van der Waals surface area contributed by atoms with Crippen molar-refractivity contribution in [2.24, 2.45) is 7.05 Å². The van der Waals surface area contributed by atoms with E-state index in [1.807, 2.05) is 48.5 Å². The maximum absolute atomic E-state index is 13.2. The fourth-order valence-electron chi connectivity index (χ4n) is 5.83. The summed E-state index contributed by atoms with van der Waals surface area (Å²) in [6.45, 7) is 6.38. The summed E-state index contributed by atoms with van der Waals surface area (Å²) in [5.74, 6) is 0.102. The van der Waals surface area contributed by atoms with Crippen molar-refractivity contribution in [2.75, 3.05) is 26.2 Å². The summed E-state index contributed by atoms with van der Waals surface area (Å²) >= 11 is 0. The first-order valence-corrected chi connectivity index (χ1v) is 14.0. The van der Waals surface area contributed by atoms with Crippen molar-refractivity contribution >= 4 is 16.6 Å². The maximum atomic E-state index is 13.2. The van der Waals surface area contributed by atoms with Crippen LogP contribution in [0.25, 0.3) is 22.0 Å². The predicted molar refractivity (Wildman–Crippen MR) is 150 cm³/mol. The van der Waals surface area contributed by atoms with E-state index in [2.05, 4.69) is 38.1 Å². The van der Waals surface area contributed by atoms with Gasteiger partial charge >= 0.3 is 0 Å². The van der Waals surface area contributed by atoms with Crippen molar-refractivity contribution in [1.29, 1.82) is 0 Å². The zero-order valence-electron chi connectivity index (χ0n) is 22.3. The highest BCUT2D eigenvalue weighted by Crippen LogP contribution is 2.27. The zero-order chi connectivity index (χ0) is 25.9. The van der Waals surface area contributed by atoms with Crippen LogP contribution in [0.5, 0.6) is 0 Å². The van der Waals surface area contributed by atoms with Crippen LogP contribution in [-0.4, -0.2) is 61.5 Å². The lowest BCUT2D eigenvalue weighted by Gasteiger charge is -2.26. The molecule has 0 amide bonds. The number of aromatic nitrogens is 4. The minimum atomic E-state index is 0.102. The fraction of sp³-hybridized carbons (Fsp3) is 0.419. The SMILES string of the molecule is Cn1ncc(-c2cc3cc(CC(=O)c4cccc(CN5CCCC5)c4)ncc3cn2)c1CN1CCCCC1. The van der Waals surface area contributed by atoms with Gasteiger partial charge in [-0.2, -0.15) is 5.10 Å². The first kappa shape index (κ1) is 24.9. The number of piperidine rings is 1. The number of hydrogen-bond donors (Lipinski definition) is 0. The lowest BCUT2D eigenvalue weighted by molar-refractivity contribution is 0.0992. The second-order valence-corrected chi connectivity index (χ2v) is 10.8. The lowest BCUT2D eigenvalue weighted by atomic mass is 10.0. The van der Waals surface area contributed by atoms with Gasteiger partial charge in [0.05, 0.1) is 24.0 Å². The number of rotatable bonds is 8. The number of carbonyl (C=O) groups excluding carboxylic acids is 1. The Morgan fingerprint density at radius 2 is 1.55 bits per heavy atom. The topological polar surface area (TPSA) is 67.2 Å². The molecular formula is C31H36N6O. The molecule has 0 unspecified atom stereocenters. The van der Waals surface area contributed by atoms with E-state index in [1.165, 1.54) is 43.4 Å². The molecule has 0 aliphatic carbocycles. The molecule has 0 radical (unpaired) electrons. The molecule has 0 spiro atoms. The van der Waals surface area contributed by atoms with Gasteiger partial charge in [0.2, 0.25) is 0 Å². The Morgan fingerprint density at radius 1 is 0.816 bits per heavy atom. The average Bonchev–Trinajstić information content (AvgIpc) is 3.59. The molecule has 196 valence electrons. The van der Waals surface area contributed by atoms with E-state index in [0.29, 0.717) is 0 Å². The van der Waals surface area contributed by atoms with E-state index >= 15 is 0 Å². The van der Waals surface area contributed by atoms with Crippen LogP contribution < -0.4 is 0 Å². The molecular weight excluding hydrogens is 472 g/mol. The highest BCUT2D eigenvalue weighted by molar-refractivity contribution is 5.98. The van der Waals surface area contributed by atoms with E-state index in [-0.39, 0.29) is 12.2 Å². The number of carbonyl (C=O) groups is 1. The van der Waals surface area contributed by atoms with Crippen LogP contribution in [0.15, 0.2) is 55.0 Å². The summed E-state index contributed by atoms with van der Waals surface area (Å²) < 4.78 is 1.98. The summed E-state index contributed by atoms with van der Waals surface area (Å²) in [6.07, 6.45) is 12.3. The van der Waals surface area contributed by atoms with E-state index in [9.17, 15) is 4.79 Å². The van der Waals surface area contributed by atoms with Gasteiger partial charge in [-0.3, -0.25) is 29.2 Å². The smallest absolute Gasteiger partial charge is 0.168 e. The van der Waals surface area contributed by atoms with E-state index < -0.39 is 0 Å². The van der Waals surface area contributed by atoms with Crippen molar-refractivity contribution < 1.29 is 4.79 Å². The number of Topliss-reactive ketones (excluding diaryl/α,β-unsaturated/α-hetero) is 1. The van der Waals surface area contributed by atoms with E-state index in [0.717, 1.165) is 72.6 Å². The number of benzene rings is 1. The summed E-state index contributed by atoms with van der Waals surface area (Å²) in [5.41, 5.74) is 5.93. The van der Waals surface area contributed by atoms with E-state index in [4.69, 9.17) is 4.98 Å². The highest BCUT2D eigenvalue weighted by Gasteiger charge is 2.18. The number of aryl methyl sites for hydroxylation is 1. The normalized spacial score (nSPS) is 16.9. The molecule has 3 aromatic heterocycles. The van der Waals surface area contributed by atoms with Crippen LogP contribution in [0.1, 0.15) is 59.4 Å². The summed E-state index contributed by atoms with van der Waals surface area (Å²) in [7, 11) is 2.01. The van der Waals surface area contributed by atoms with E-state index in [1.54, 1.807) is 0 Å². The zero-order valence-corrected chi connectivity index (χ0v) is 22.3. The Labute approximate surface area is 224 Å². The number of ketones is 1. The number of nitrogens with zero attached hydrogens (tertiary/aromatic N) is 6. The van der Waals surface area contributed by atoms with Gasteiger partial charge in [0, 0.05) is 54.7 Å². The molecule has 6 rings (SSSR count). The van der Waals surface area contributed by atoms with Crippen molar-refractivity contribution in [3.05, 3.63) is 77.5 Å². The third-order valence-corrected chi connectivity index (χ3v) is 8.01. The molecule has 0 saturated carbocycles. The second kappa shape index (κ2) is 11.1. The molecule has 2 aliphatic rings. The molecule has 2 saturated heterocycles. The van der Waals surface area contributed by atoms with Crippen molar-refractivity contribution in [1.82, 2.24) is 29.5 Å². The highest BCUT2D eigenvalue weighted by atomic mass is 16.1. The molecule has 5 heterocycles. The van der Waals surface area contributed by atoms with Gasteiger partial charge in [0.15, 0.2) is 5.78 Å². The molecule has 0 atom stereocenters. The Hall–Kier alpha value is -3.42. The fourth-order valence-corrected chi connectivity index (χ4v) is 5.83. The third-order valence-electron chi connectivity index (χ3n) is 8.01. The van der Waals surface area contributed by atoms with Crippen molar-refractivity contribution in [2.45, 2.75) is 51.6 Å². The Bertz CT molecular complexity index is 1430. The Morgan fingerprint density at radius 3 is 2.37 bits per heavy atom. The van der Waals surface area contributed by atoms with Crippen molar-refractivity contribution in [3.8, 4) is 11.3 Å². The maximum Gasteiger partial charge on any atom is 0.168 e. The van der Waals surface area contributed by atoms with Gasteiger partial charge in [-0.25, -0.2) is 0 Å². The van der Waals surface area contributed by atoms with Crippen LogP contribution in [0.3, 0.4) is 0 Å². The van der Waals surface area contributed by atoms with Gasteiger partial charge in [-0.05, 0) is 81.0 Å². The van der Waals surface area contributed by atoms with Crippen LogP contribution >= 0.6 is 0 Å². The molecule has 0 N–H and O–H groups in total. The third kappa shape index (κ3) is 5.54. The van der Waals surface area contributed by atoms with Crippen molar-refractivity contribution in [3.63, 3.8) is 0 Å². The quantitative estimate of drug-likeness (QED) is 0.311. The molecule has 7 nitrogen and oxygen atoms in total. The monoisotopic (exact) mass is 508 g/mol.